The molecule has 3 N–H and O–H groups in total. The quantitative estimate of drug-likeness (QED) is 0.220. The molecule has 1 heterocycles. The maximum atomic E-state index is 12.9. The fourth-order valence-corrected chi connectivity index (χ4v) is 2.93. The molecule has 0 aliphatic carbocycles. The van der Waals surface area contributed by atoms with E-state index in [2.05, 4.69) is 15.1 Å². The van der Waals surface area contributed by atoms with Crippen LogP contribution in [0.15, 0.2) is 30.5 Å². The summed E-state index contributed by atoms with van der Waals surface area (Å²) in [5.74, 6) is -3.34. The van der Waals surface area contributed by atoms with E-state index in [-0.39, 0.29) is 19.3 Å². The summed E-state index contributed by atoms with van der Waals surface area (Å²) in [5.41, 5.74) is 9.08. The summed E-state index contributed by atoms with van der Waals surface area (Å²) in [4.78, 5) is 54.2. The molecule has 0 radical (unpaired) electrons. The first-order chi connectivity index (χ1) is 15.0. The first-order valence-corrected chi connectivity index (χ1v) is 10.0. The van der Waals surface area contributed by atoms with Gasteiger partial charge in [-0.05, 0) is 38.8 Å². The molecule has 170 valence electrons. The van der Waals surface area contributed by atoms with Crippen LogP contribution in [0.5, 0.6) is 0 Å². The van der Waals surface area contributed by atoms with E-state index in [4.69, 9.17) is 10.3 Å². The van der Waals surface area contributed by atoms with Gasteiger partial charge in [0.05, 0.1) is 5.41 Å². The third kappa shape index (κ3) is 6.61. The molecule has 1 aromatic heterocycles. The fourth-order valence-electron chi connectivity index (χ4n) is 2.93. The van der Waals surface area contributed by atoms with Gasteiger partial charge in [0.1, 0.15) is 6.04 Å². The Morgan fingerprint density at radius 3 is 2.56 bits per heavy atom. The maximum absolute atomic E-state index is 12.9. The van der Waals surface area contributed by atoms with Crippen LogP contribution in [-0.4, -0.2) is 56.9 Å². The standard InChI is InChI=1S/C22H26N4O6/c1-22(2,3)21(31)32-18(10-13-11-24-16-7-5-4-6-15(13)16)19(28)26-17(20(29)30)9-8-14(27)12-25-23/h4-7,11-12,17-18,24H,8-10H2,1-3H3,(H,26,28)(H,29,30). The number of esters is 1. The zero-order valence-electron chi connectivity index (χ0n) is 18.1. The molecule has 2 unspecified atom stereocenters. The molecule has 2 rings (SSSR count). The zero-order chi connectivity index (χ0) is 23.9. The molecule has 2 atom stereocenters. The van der Waals surface area contributed by atoms with E-state index in [1.54, 1.807) is 27.0 Å². The van der Waals surface area contributed by atoms with Gasteiger partial charge < -0.3 is 25.7 Å². The van der Waals surface area contributed by atoms with Gasteiger partial charge in [-0.3, -0.25) is 14.4 Å². The summed E-state index contributed by atoms with van der Waals surface area (Å²) in [5, 5.41) is 12.6. The molecular weight excluding hydrogens is 416 g/mol. The largest absolute Gasteiger partial charge is 0.480 e. The Morgan fingerprint density at radius 2 is 1.94 bits per heavy atom. The smallest absolute Gasteiger partial charge is 0.326 e. The molecule has 0 bridgehead atoms. The lowest BCUT2D eigenvalue weighted by molar-refractivity contribution is -0.164. The number of hydrogen-bond donors (Lipinski definition) is 3. The topological polar surface area (TPSA) is 162 Å². The van der Waals surface area contributed by atoms with Crippen molar-refractivity contribution in [3.8, 4) is 0 Å². The van der Waals surface area contributed by atoms with E-state index < -0.39 is 41.2 Å². The van der Waals surface area contributed by atoms with Crippen molar-refractivity contribution >= 4 is 40.7 Å². The SMILES string of the molecule is CC(C)(C)C(=O)OC(Cc1c[nH]c2ccccc12)C(=O)NC(CCC(=O)C=[N+]=[N-])C(=O)O. The van der Waals surface area contributed by atoms with Crippen molar-refractivity contribution in [3.63, 3.8) is 0 Å². The molecule has 0 fully saturated rings. The second-order valence-electron chi connectivity index (χ2n) is 8.36. The molecule has 0 saturated carbocycles. The number of para-hydroxylation sites is 1. The lowest BCUT2D eigenvalue weighted by atomic mass is 9.97. The summed E-state index contributed by atoms with van der Waals surface area (Å²) in [6.07, 6.45) is 0.635. The Morgan fingerprint density at radius 1 is 1.25 bits per heavy atom. The number of hydrogen-bond acceptors (Lipinski definition) is 5. The monoisotopic (exact) mass is 442 g/mol. The zero-order valence-corrected chi connectivity index (χ0v) is 18.1. The van der Waals surface area contributed by atoms with Gasteiger partial charge >= 0.3 is 18.2 Å². The number of carboxylic acids is 1. The number of fused-ring (bicyclic) bond motifs is 1. The Kier molecular flexibility index (Phi) is 8.03. The summed E-state index contributed by atoms with van der Waals surface area (Å²) >= 11 is 0. The Labute approximate surface area is 184 Å². The summed E-state index contributed by atoms with van der Waals surface area (Å²) in [6, 6.07) is 6.02. The van der Waals surface area contributed by atoms with Crippen LogP contribution in [-0.2, 0) is 30.3 Å². The number of carbonyl (C=O) groups is 4. The number of nitrogens with one attached hydrogen (secondary N) is 2. The number of aliphatic carboxylic acids is 1. The number of aromatic amines is 1. The highest BCUT2D eigenvalue weighted by Crippen LogP contribution is 2.22. The number of ether oxygens (including phenoxy) is 1. The number of benzene rings is 1. The lowest BCUT2D eigenvalue weighted by Gasteiger charge is -2.24. The number of amides is 1. The van der Waals surface area contributed by atoms with Crippen LogP contribution < -0.4 is 5.32 Å². The number of H-pyrrole nitrogens is 1. The van der Waals surface area contributed by atoms with Gasteiger partial charge in [0.15, 0.2) is 6.10 Å². The molecule has 0 aliphatic heterocycles. The number of Topliss-reactive ketones (excluding diaryl/α,β-unsaturated/α-hetero) is 1. The van der Waals surface area contributed by atoms with Crippen LogP contribution in [0.3, 0.4) is 0 Å². The van der Waals surface area contributed by atoms with E-state index >= 15 is 0 Å². The molecule has 0 spiro atoms. The van der Waals surface area contributed by atoms with Gasteiger partial charge in [-0.1, -0.05) is 18.2 Å². The second-order valence-corrected chi connectivity index (χ2v) is 8.36. The average molecular weight is 442 g/mol. The molecule has 2 aromatic rings. The van der Waals surface area contributed by atoms with Gasteiger partial charge in [-0.25, -0.2) is 4.79 Å². The Hall–Kier alpha value is -3.78. The third-order valence-corrected chi connectivity index (χ3v) is 4.73. The predicted molar refractivity (Wildman–Crippen MR) is 115 cm³/mol. The van der Waals surface area contributed by atoms with Crippen molar-refractivity contribution in [3.05, 3.63) is 41.6 Å². The molecular formula is C22H26N4O6. The number of rotatable bonds is 10. The van der Waals surface area contributed by atoms with E-state index in [1.165, 1.54) is 0 Å². The third-order valence-electron chi connectivity index (χ3n) is 4.73. The van der Waals surface area contributed by atoms with Crippen LogP contribution >= 0.6 is 0 Å². The minimum absolute atomic E-state index is 0.0279. The first kappa shape index (κ1) is 24.5. The number of nitrogens with zero attached hydrogens (tertiary/aromatic N) is 2. The Balaban J connectivity index is 2.23. The highest BCUT2D eigenvalue weighted by atomic mass is 16.5. The number of ketones is 1. The molecule has 10 heteroatoms. The molecule has 10 nitrogen and oxygen atoms in total. The molecule has 1 aromatic carbocycles. The van der Waals surface area contributed by atoms with Gasteiger partial charge in [-0.15, -0.1) is 0 Å². The molecule has 0 aliphatic rings. The van der Waals surface area contributed by atoms with Crippen molar-refractivity contribution in [2.24, 2.45) is 5.41 Å². The van der Waals surface area contributed by atoms with Crippen LogP contribution in [0.4, 0.5) is 0 Å². The van der Waals surface area contributed by atoms with Gasteiger partial charge in [0.2, 0.25) is 5.78 Å². The molecule has 0 saturated heterocycles. The Bertz CT molecular complexity index is 1060. The molecule has 32 heavy (non-hydrogen) atoms. The van der Waals surface area contributed by atoms with E-state index in [0.29, 0.717) is 6.21 Å². The van der Waals surface area contributed by atoms with Crippen molar-refractivity contribution in [1.82, 2.24) is 10.3 Å². The summed E-state index contributed by atoms with van der Waals surface area (Å²) in [6.45, 7) is 4.93. The first-order valence-electron chi connectivity index (χ1n) is 10.0. The highest BCUT2D eigenvalue weighted by Gasteiger charge is 2.33. The molecule has 1 amide bonds. The minimum atomic E-state index is -1.39. The summed E-state index contributed by atoms with van der Waals surface area (Å²) < 4.78 is 5.46. The number of carbonyl (C=O) groups excluding carboxylic acids is 3. The van der Waals surface area contributed by atoms with Crippen molar-refractivity contribution in [2.45, 2.75) is 52.2 Å². The average Bonchev–Trinajstić information content (AvgIpc) is 3.12. The van der Waals surface area contributed by atoms with Gasteiger partial charge in [-0.2, -0.15) is 4.79 Å². The van der Waals surface area contributed by atoms with Gasteiger partial charge in [0, 0.05) is 29.9 Å². The van der Waals surface area contributed by atoms with Crippen LogP contribution in [0.25, 0.3) is 16.4 Å². The maximum Gasteiger partial charge on any atom is 0.326 e. The van der Waals surface area contributed by atoms with Crippen molar-refractivity contribution in [2.75, 3.05) is 0 Å². The van der Waals surface area contributed by atoms with Crippen LogP contribution in [0.1, 0.15) is 39.2 Å². The lowest BCUT2D eigenvalue weighted by Crippen LogP contribution is -2.48. The van der Waals surface area contributed by atoms with E-state index in [9.17, 15) is 24.3 Å². The second kappa shape index (κ2) is 10.5. The number of aromatic nitrogens is 1. The number of carboxylic acid groups (broad SMARTS) is 1. The van der Waals surface area contributed by atoms with E-state index in [0.717, 1.165) is 16.5 Å². The van der Waals surface area contributed by atoms with Crippen LogP contribution in [0, 0.1) is 5.41 Å². The predicted octanol–water partition coefficient (Wildman–Crippen LogP) is 1.89. The van der Waals surface area contributed by atoms with Crippen LogP contribution in [0.2, 0.25) is 0 Å². The summed E-state index contributed by atoms with van der Waals surface area (Å²) in [7, 11) is 0. The van der Waals surface area contributed by atoms with Crippen molar-refractivity contribution < 1.29 is 33.8 Å². The highest BCUT2D eigenvalue weighted by molar-refractivity contribution is 6.25. The minimum Gasteiger partial charge on any atom is -0.480 e. The van der Waals surface area contributed by atoms with E-state index in [1.807, 2.05) is 24.3 Å². The van der Waals surface area contributed by atoms with Crippen molar-refractivity contribution in [1.29, 1.82) is 0 Å². The fraction of sp³-hybridized carbons (Fsp3) is 0.409. The van der Waals surface area contributed by atoms with Gasteiger partial charge in [0.25, 0.3) is 5.91 Å². The normalized spacial score (nSPS) is 13.0.